The first-order valence-electron chi connectivity index (χ1n) is 4.97. The first kappa shape index (κ1) is 13.0. The number of carbonyl (C=O) groups excluding carboxylic acids is 1. The highest BCUT2D eigenvalue weighted by molar-refractivity contribution is 5.75. The van der Waals surface area contributed by atoms with Crippen LogP contribution in [0.25, 0.3) is 0 Å². The van der Waals surface area contributed by atoms with E-state index in [2.05, 4.69) is 0 Å². The molecule has 0 heterocycles. The molecule has 1 aromatic rings. The normalized spacial score (nSPS) is 11.8. The molecule has 5 N–H and O–H groups in total. The van der Waals surface area contributed by atoms with E-state index in [1.165, 1.54) is 0 Å². The molecule has 0 aromatic heterocycles. The summed E-state index contributed by atoms with van der Waals surface area (Å²) in [6.07, 6.45) is -0.137. The van der Waals surface area contributed by atoms with Gasteiger partial charge in [0.25, 0.3) is 5.91 Å². The third kappa shape index (κ3) is 4.52. The Balaban J connectivity index is 2.60. The quantitative estimate of drug-likeness (QED) is 0.646. The Morgan fingerprint density at radius 3 is 2.35 bits per heavy atom. The maximum atomic E-state index is 10.5. The van der Waals surface area contributed by atoms with Crippen LogP contribution in [0.3, 0.4) is 0 Å². The lowest BCUT2D eigenvalue weighted by molar-refractivity contribution is -0.137. The van der Waals surface area contributed by atoms with Crippen LogP contribution in [0.4, 0.5) is 0 Å². The smallest absolute Gasteiger partial charge is 0.305 e. The number of amides is 1. The van der Waals surface area contributed by atoms with Gasteiger partial charge in [0.1, 0.15) is 5.75 Å². The number of carbonyl (C=O) groups is 2. The van der Waals surface area contributed by atoms with Crippen molar-refractivity contribution in [2.75, 3.05) is 6.61 Å². The lowest BCUT2D eigenvalue weighted by Crippen LogP contribution is -2.20. The molecule has 1 atom stereocenters. The van der Waals surface area contributed by atoms with Crippen LogP contribution >= 0.6 is 0 Å². The van der Waals surface area contributed by atoms with Crippen molar-refractivity contribution in [2.45, 2.75) is 12.5 Å². The molecule has 1 amide bonds. The van der Waals surface area contributed by atoms with Crippen molar-refractivity contribution in [1.82, 2.24) is 0 Å². The summed E-state index contributed by atoms with van der Waals surface area (Å²) in [7, 11) is 0. The minimum Gasteiger partial charge on any atom is -0.484 e. The molecule has 17 heavy (non-hydrogen) atoms. The van der Waals surface area contributed by atoms with E-state index in [9.17, 15) is 9.59 Å². The molecule has 0 spiro atoms. The number of nitrogens with two attached hydrogens (primary N) is 2. The fourth-order valence-electron chi connectivity index (χ4n) is 1.27. The van der Waals surface area contributed by atoms with Gasteiger partial charge in [-0.1, -0.05) is 12.1 Å². The van der Waals surface area contributed by atoms with Gasteiger partial charge in [-0.15, -0.1) is 0 Å². The lowest BCUT2D eigenvalue weighted by atomic mass is 10.1. The molecule has 0 aliphatic carbocycles. The second-order valence-corrected chi connectivity index (χ2v) is 3.53. The molecular formula is C11H14N2O4. The Hall–Kier alpha value is -2.08. The standard InChI is InChI=1S/C11H14N2O4/c12-9(5-11(15)16)7-1-3-8(4-2-7)17-6-10(13)14/h1-4,9H,5-6,12H2,(H2,13,14)(H,15,16). The largest absolute Gasteiger partial charge is 0.484 e. The zero-order valence-electron chi connectivity index (χ0n) is 9.13. The third-order valence-electron chi connectivity index (χ3n) is 2.08. The molecule has 1 rings (SSSR count). The fraction of sp³-hybridized carbons (Fsp3) is 0.273. The molecule has 6 nitrogen and oxygen atoms in total. The van der Waals surface area contributed by atoms with E-state index in [0.717, 1.165) is 0 Å². The van der Waals surface area contributed by atoms with Crippen molar-refractivity contribution in [1.29, 1.82) is 0 Å². The summed E-state index contributed by atoms with van der Waals surface area (Å²) in [6.45, 7) is -0.194. The molecule has 0 bridgehead atoms. The fourth-order valence-corrected chi connectivity index (χ4v) is 1.27. The van der Waals surface area contributed by atoms with Gasteiger partial charge >= 0.3 is 5.97 Å². The van der Waals surface area contributed by atoms with Crippen molar-refractivity contribution in [3.05, 3.63) is 29.8 Å². The maximum Gasteiger partial charge on any atom is 0.305 e. The average Bonchev–Trinajstić information content (AvgIpc) is 2.26. The Morgan fingerprint density at radius 1 is 1.29 bits per heavy atom. The van der Waals surface area contributed by atoms with E-state index in [0.29, 0.717) is 11.3 Å². The minimum absolute atomic E-state index is 0.137. The van der Waals surface area contributed by atoms with Gasteiger partial charge in [-0.3, -0.25) is 9.59 Å². The molecule has 0 fully saturated rings. The molecule has 0 radical (unpaired) electrons. The second-order valence-electron chi connectivity index (χ2n) is 3.53. The van der Waals surface area contributed by atoms with Crippen molar-refractivity contribution in [2.24, 2.45) is 11.5 Å². The van der Waals surface area contributed by atoms with Crippen LogP contribution in [0.5, 0.6) is 5.75 Å². The number of rotatable bonds is 6. The molecular weight excluding hydrogens is 224 g/mol. The highest BCUT2D eigenvalue weighted by Crippen LogP contribution is 2.18. The summed E-state index contributed by atoms with van der Waals surface area (Å²) >= 11 is 0. The zero-order valence-corrected chi connectivity index (χ0v) is 9.13. The Labute approximate surface area is 98.2 Å². The van der Waals surface area contributed by atoms with E-state index in [-0.39, 0.29) is 13.0 Å². The minimum atomic E-state index is -0.952. The van der Waals surface area contributed by atoms with E-state index in [1.807, 2.05) is 0 Å². The van der Waals surface area contributed by atoms with Crippen LogP contribution in [0.1, 0.15) is 18.0 Å². The topological polar surface area (TPSA) is 116 Å². The van der Waals surface area contributed by atoms with Crippen molar-refractivity contribution >= 4 is 11.9 Å². The van der Waals surface area contributed by atoms with Gasteiger partial charge in [0.15, 0.2) is 6.61 Å². The number of carboxylic acids is 1. The number of hydrogen-bond donors (Lipinski definition) is 3. The number of benzene rings is 1. The molecule has 92 valence electrons. The Bertz CT molecular complexity index is 402. The first-order valence-corrected chi connectivity index (χ1v) is 4.97. The Morgan fingerprint density at radius 2 is 1.88 bits per heavy atom. The van der Waals surface area contributed by atoms with E-state index in [1.54, 1.807) is 24.3 Å². The Kier molecular flexibility index (Phi) is 4.47. The molecule has 1 aromatic carbocycles. The van der Waals surface area contributed by atoms with Gasteiger partial charge in [0.2, 0.25) is 0 Å². The van der Waals surface area contributed by atoms with E-state index >= 15 is 0 Å². The summed E-state index contributed by atoms with van der Waals surface area (Å²) in [5.41, 5.74) is 11.3. The summed E-state index contributed by atoms with van der Waals surface area (Å²) in [5, 5.41) is 8.59. The van der Waals surface area contributed by atoms with Crippen LogP contribution in [0, 0.1) is 0 Å². The first-order chi connectivity index (χ1) is 7.99. The van der Waals surface area contributed by atoms with Crippen LogP contribution in [0.2, 0.25) is 0 Å². The molecule has 1 unspecified atom stereocenters. The molecule has 0 aliphatic heterocycles. The maximum absolute atomic E-state index is 10.5. The summed E-state index contributed by atoms with van der Waals surface area (Å²) < 4.78 is 5.05. The average molecular weight is 238 g/mol. The highest BCUT2D eigenvalue weighted by atomic mass is 16.5. The predicted octanol–water partition coefficient (Wildman–Crippen LogP) is 0.0252. The highest BCUT2D eigenvalue weighted by Gasteiger charge is 2.10. The van der Waals surface area contributed by atoms with Gasteiger partial charge in [-0.05, 0) is 17.7 Å². The van der Waals surface area contributed by atoms with E-state index in [4.69, 9.17) is 21.3 Å². The second kappa shape index (κ2) is 5.86. The van der Waals surface area contributed by atoms with Gasteiger partial charge in [0.05, 0.1) is 6.42 Å². The monoisotopic (exact) mass is 238 g/mol. The van der Waals surface area contributed by atoms with Crippen molar-refractivity contribution in [3.63, 3.8) is 0 Å². The molecule has 6 heteroatoms. The van der Waals surface area contributed by atoms with Crippen LogP contribution in [0.15, 0.2) is 24.3 Å². The predicted molar refractivity (Wildman–Crippen MR) is 60.3 cm³/mol. The number of hydrogen-bond acceptors (Lipinski definition) is 4. The number of ether oxygens (including phenoxy) is 1. The summed E-state index contributed by atoms with van der Waals surface area (Å²) in [5.74, 6) is -1.03. The van der Waals surface area contributed by atoms with Gasteiger partial charge < -0.3 is 21.3 Å². The number of aliphatic carboxylic acids is 1. The van der Waals surface area contributed by atoms with Gasteiger partial charge in [-0.25, -0.2) is 0 Å². The third-order valence-corrected chi connectivity index (χ3v) is 2.08. The van der Waals surface area contributed by atoms with Crippen molar-refractivity contribution < 1.29 is 19.4 Å². The van der Waals surface area contributed by atoms with Crippen molar-refractivity contribution in [3.8, 4) is 5.75 Å². The molecule has 0 saturated carbocycles. The van der Waals surface area contributed by atoms with Crippen LogP contribution in [-0.4, -0.2) is 23.6 Å². The lowest BCUT2D eigenvalue weighted by Gasteiger charge is -2.10. The molecule has 0 aliphatic rings. The summed E-state index contributed by atoms with van der Waals surface area (Å²) in [6, 6.07) is 5.98. The number of carboxylic acid groups (broad SMARTS) is 1. The summed E-state index contributed by atoms with van der Waals surface area (Å²) in [4.78, 5) is 21.0. The van der Waals surface area contributed by atoms with Crippen LogP contribution < -0.4 is 16.2 Å². The molecule has 0 saturated heterocycles. The number of primary amides is 1. The zero-order chi connectivity index (χ0) is 12.8. The van der Waals surface area contributed by atoms with Crippen LogP contribution in [-0.2, 0) is 9.59 Å². The SMILES string of the molecule is NC(=O)COc1ccc(C(N)CC(=O)O)cc1. The van der Waals surface area contributed by atoms with Gasteiger partial charge in [0, 0.05) is 6.04 Å². The van der Waals surface area contributed by atoms with E-state index < -0.39 is 17.9 Å². The van der Waals surface area contributed by atoms with Gasteiger partial charge in [-0.2, -0.15) is 0 Å².